The smallest absolute Gasteiger partial charge is 0.125 e. The monoisotopic (exact) mass is 277 g/mol. The molecule has 0 aromatic heterocycles. The first kappa shape index (κ1) is 13.6. The van der Waals surface area contributed by atoms with Gasteiger partial charge in [0, 0.05) is 17.1 Å². The van der Waals surface area contributed by atoms with E-state index in [2.05, 4.69) is 0 Å². The van der Waals surface area contributed by atoms with E-state index < -0.39 is 5.82 Å². The molecule has 0 saturated heterocycles. The van der Waals surface area contributed by atoms with E-state index in [1.807, 2.05) is 12.1 Å². The van der Waals surface area contributed by atoms with Crippen molar-refractivity contribution >= 4 is 23.6 Å². The van der Waals surface area contributed by atoms with Gasteiger partial charge in [0.1, 0.15) is 12.1 Å². The van der Waals surface area contributed by atoms with Crippen LogP contribution in [0.5, 0.6) is 0 Å². The Bertz CT molecular complexity index is 596. The van der Waals surface area contributed by atoms with Crippen molar-refractivity contribution in [3.05, 3.63) is 63.9 Å². The molecule has 0 fully saturated rings. The highest BCUT2D eigenvalue weighted by atomic mass is 35.5. The predicted octanol–water partition coefficient (Wildman–Crippen LogP) is 3.39. The summed E-state index contributed by atoms with van der Waals surface area (Å²) < 4.78 is 13.4. The Morgan fingerprint density at radius 1 is 1.21 bits per heavy atom. The van der Waals surface area contributed by atoms with Crippen molar-refractivity contribution in [1.82, 2.24) is 0 Å². The molecule has 0 atom stereocenters. The van der Waals surface area contributed by atoms with E-state index in [0.717, 1.165) is 17.4 Å². The van der Waals surface area contributed by atoms with Crippen molar-refractivity contribution in [2.45, 2.75) is 12.8 Å². The maximum Gasteiger partial charge on any atom is 0.125 e. The summed E-state index contributed by atoms with van der Waals surface area (Å²) in [4.78, 5) is 10.7. The lowest BCUT2D eigenvalue weighted by atomic mass is 9.96. The molecular formula is C15H13ClFNO. The number of nitrogens with two attached hydrogens (primary N) is 1. The van der Waals surface area contributed by atoms with Crippen molar-refractivity contribution in [2.24, 2.45) is 0 Å². The average molecular weight is 278 g/mol. The van der Waals surface area contributed by atoms with Crippen LogP contribution in [-0.4, -0.2) is 6.29 Å². The van der Waals surface area contributed by atoms with Gasteiger partial charge in [-0.2, -0.15) is 0 Å². The zero-order chi connectivity index (χ0) is 13.8. The number of hydrogen-bond donors (Lipinski definition) is 1. The van der Waals surface area contributed by atoms with Crippen molar-refractivity contribution in [2.75, 3.05) is 5.73 Å². The molecule has 0 amide bonds. The third-order valence-corrected chi connectivity index (χ3v) is 3.19. The second kappa shape index (κ2) is 5.85. The Balaban J connectivity index is 2.37. The Morgan fingerprint density at radius 3 is 2.53 bits per heavy atom. The van der Waals surface area contributed by atoms with Gasteiger partial charge in [-0.1, -0.05) is 23.7 Å². The summed E-state index contributed by atoms with van der Waals surface area (Å²) >= 11 is 5.82. The maximum absolute atomic E-state index is 13.4. The molecule has 0 radical (unpaired) electrons. The summed E-state index contributed by atoms with van der Waals surface area (Å²) in [5, 5.41) is 0.649. The molecule has 2 aromatic carbocycles. The molecule has 98 valence electrons. The molecule has 0 aliphatic rings. The van der Waals surface area contributed by atoms with E-state index in [-0.39, 0.29) is 6.42 Å². The first-order valence-corrected chi connectivity index (χ1v) is 6.23. The van der Waals surface area contributed by atoms with Gasteiger partial charge in [0.05, 0.1) is 0 Å². The van der Waals surface area contributed by atoms with Gasteiger partial charge in [0.25, 0.3) is 0 Å². The Kier molecular flexibility index (Phi) is 4.17. The number of anilines is 1. The number of hydrogen-bond acceptors (Lipinski definition) is 2. The number of aldehydes is 1. The number of rotatable bonds is 4. The topological polar surface area (TPSA) is 43.1 Å². The van der Waals surface area contributed by atoms with Crippen LogP contribution in [-0.2, 0) is 17.6 Å². The van der Waals surface area contributed by atoms with Crippen LogP contribution in [0, 0.1) is 5.82 Å². The van der Waals surface area contributed by atoms with Gasteiger partial charge in [-0.05, 0) is 47.4 Å². The van der Waals surface area contributed by atoms with Crippen LogP contribution in [0.1, 0.15) is 16.7 Å². The summed E-state index contributed by atoms with van der Waals surface area (Å²) in [6.45, 7) is 0. The first-order valence-electron chi connectivity index (χ1n) is 5.85. The van der Waals surface area contributed by atoms with E-state index >= 15 is 0 Å². The highest BCUT2D eigenvalue weighted by molar-refractivity contribution is 6.30. The van der Waals surface area contributed by atoms with E-state index in [1.165, 1.54) is 12.1 Å². The first-order chi connectivity index (χ1) is 9.10. The summed E-state index contributed by atoms with van der Waals surface area (Å²) in [5.74, 6) is -0.392. The molecule has 0 saturated carbocycles. The third kappa shape index (κ3) is 3.32. The summed E-state index contributed by atoms with van der Waals surface area (Å²) in [6, 6.07) is 9.95. The second-order valence-corrected chi connectivity index (χ2v) is 4.74. The number of carbonyl (C=O) groups is 1. The lowest BCUT2D eigenvalue weighted by Crippen LogP contribution is -2.03. The molecule has 2 aromatic rings. The minimum atomic E-state index is -0.392. The maximum atomic E-state index is 13.4. The fourth-order valence-electron chi connectivity index (χ4n) is 2.03. The largest absolute Gasteiger partial charge is 0.398 e. The molecule has 4 heteroatoms. The van der Waals surface area contributed by atoms with Crippen LogP contribution < -0.4 is 5.73 Å². The molecule has 0 heterocycles. The summed E-state index contributed by atoms with van der Waals surface area (Å²) in [5.41, 5.74) is 8.48. The highest BCUT2D eigenvalue weighted by Gasteiger charge is 2.09. The minimum absolute atomic E-state index is 0.190. The van der Waals surface area contributed by atoms with Crippen LogP contribution in [0.25, 0.3) is 0 Å². The van der Waals surface area contributed by atoms with Crippen LogP contribution in [0.3, 0.4) is 0 Å². The number of nitrogen functional groups attached to an aromatic ring is 1. The molecule has 0 bridgehead atoms. The standard InChI is InChI=1S/C15H13ClFNO/c16-12-3-1-10(2-4-12)7-11-8-13(17)9-15(18)14(11)5-6-19/h1-4,6,8-9H,5,7,18H2. The van der Waals surface area contributed by atoms with Gasteiger partial charge in [0.2, 0.25) is 0 Å². The van der Waals surface area contributed by atoms with Gasteiger partial charge in [-0.15, -0.1) is 0 Å². The zero-order valence-electron chi connectivity index (χ0n) is 10.2. The van der Waals surface area contributed by atoms with Crippen LogP contribution in [0.4, 0.5) is 10.1 Å². The van der Waals surface area contributed by atoms with Crippen molar-refractivity contribution in [3.63, 3.8) is 0 Å². The predicted molar refractivity (Wildman–Crippen MR) is 74.8 cm³/mol. The molecule has 0 unspecified atom stereocenters. The lowest BCUT2D eigenvalue weighted by molar-refractivity contribution is -0.107. The zero-order valence-corrected chi connectivity index (χ0v) is 11.0. The second-order valence-electron chi connectivity index (χ2n) is 4.31. The molecule has 0 spiro atoms. The quantitative estimate of drug-likeness (QED) is 0.688. The van der Waals surface area contributed by atoms with Crippen molar-refractivity contribution in [3.8, 4) is 0 Å². The van der Waals surface area contributed by atoms with Gasteiger partial charge in [-0.3, -0.25) is 0 Å². The van der Waals surface area contributed by atoms with E-state index in [1.54, 1.807) is 12.1 Å². The van der Waals surface area contributed by atoms with Gasteiger partial charge < -0.3 is 10.5 Å². The van der Waals surface area contributed by atoms with E-state index in [0.29, 0.717) is 22.7 Å². The Labute approximate surface area is 116 Å². The number of carbonyl (C=O) groups excluding carboxylic acids is 1. The normalized spacial score (nSPS) is 10.4. The molecule has 2 nitrogen and oxygen atoms in total. The van der Waals surface area contributed by atoms with Crippen LogP contribution in [0.2, 0.25) is 5.02 Å². The number of halogens is 2. The molecule has 2 N–H and O–H groups in total. The summed E-state index contributed by atoms with van der Waals surface area (Å²) in [7, 11) is 0. The number of benzene rings is 2. The highest BCUT2D eigenvalue weighted by Crippen LogP contribution is 2.23. The Morgan fingerprint density at radius 2 is 1.89 bits per heavy atom. The molecule has 0 aliphatic carbocycles. The van der Waals surface area contributed by atoms with Gasteiger partial charge in [0.15, 0.2) is 0 Å². The third-order valence-electron chi connectivity index (χ3n) is 2.94. The molecule has 2 rings (SSSR count). The minimum Gasteiger partial charge on any atom is -0.398 e. The molecule has 0 aliphatic heterocycles. The lowest BCUT2D eigenvalue weighted by Gasteiger charge is -2.11. The molecule has 19 heavy (non-hydrogen) atoms. The van der Waals surface area contributed by atoms with E-state index in [9.17, 15) is 9.18 Å². The van der Waals surface area contributed by atoms with Gasteiger partial charge in [-0.25, -0.2) is 4.39 Å². The average Bonchev–Trinajstić information content (AvgIpc) is 2.36. The van der Waals surface area contributed by atoms with Gasteiger partial charge >= 0.3 is 0 Å². The van der Waals surface area contributed by atoms with Crippen molar-refractivity contribution < 1.29 is 9.18 Å². The summed E-state index contributed by atoms with van der Waals surface area (Å²) in [6.07, 6.45) is 1.48. The Hall–Kier alpha value is -1.87. The fraction of sp³-hybridized carbons (Fsp3) is 0.133. The molecular weight excluding hydrogens is 265 g/mol. The van der Waals surface area contributed by atoms with Crippen molar-refractivity contribution in [1.29, 1.82) is 0 Å². The fourth-order valence-corrected chi connectivity index (χ4v) is 2.15. The SMILES string of the molecule is Nc1cc(F)cc(Cc2ccc(Cl)cc2)c1CC=O. The van der Waals surface area contributed by atoms with Crippen LogP contribution in [0.15, 0.2) is 36.4 Å². The van der Waals surface area contributed by atoms with E-state index in [4.69, 9.17) is 17.3 Å². The van der Waals surface area contributed by atoms with Crippen LogP contribution >= 0.6 is 11.6 Å².